The molecule has 0 aliphatic carbocycles. The van der Waals surface area contributed by atoms with Crippen molar-refractivity contribution >= 4 is 17.5 Å². The maximum absolute atomic E-state index is 9.46. The number of ether oxygens (including phenoxy) is 1. The molecule has 0 spiro atoms. The second-order valence-electron chi connectivity index (χ2n) is 7.45. The van der Waals surface area contributed by atoms with Gasteiger partial charge in [0.05, 0.1) is 24.5 Å². The number of morpholine rings is 1. The van der Waals surface area contributed by atoms with Crippen molar-refractivity contribution in [1.82, 2.24) is 9.97 Å². The van der Waals surface area contributed by atoms with Gasteiger partial charge in [-0.05, 0) is 37.1 Å². The molecular formula is C21H26N6O. The largest absolute Gasteiger partial charge is 0.378 e. The Hall–Kier alpha value is -2.85. The molecule has 0 N–H and O–H groups in total. The van der Waals surface area contributed by atoms with Crippen LogP contribution >= 0.6 is 0 Å². The molecule has 0 radical (unpaired) electrons. The normalized spacial score (nSPS) is 19.5. The van der Waals surface area contributed by atoms with Crippen LogP contribution in [0.25, 0.3) is 0 Å². The van der Waals surface area contributed by atoms with Gasteiger partial charge in [-0.1, -0.05) is 6.07 Å². The molecule has 28 heavy (non-hydrogen) atoms. The van der Waals surface area contributed by atoms with E-state index in [2.05, 4.69) is 45.8 Å². The maximum atomic E-state index is 9.46. The Morgan fingerprint density at radius 3 is 2.79 bits per heavy atom. The van der Waals surface area contributed by atoms with Crippen molar-refractivity contribution < 1.29 is 4.74 Å². The average molecular weight is 378 g/mol. The summed E-state index contributed by atoms with van der Waals surface area (Å²) in [7, 11) is 2.10. The van der Waals surface area contributed by atoms with Crippen molar-refractivity contribution in [2.75, 3.05) is 61.1 Å². The van der Waals surface area contributed by atoms with E-state index >= 15 is 0 Å². The number of likely N-dealkylation sites (N-methyl/N-ethyl adjacent to an activating group) is 1. The van der Waals surface area contributed by atoms with Crippen molar-refractivity contribution in [2.24, 2.45) is 0 Å². The van der Waals surface area contributed by atoms with E-state index in [0.717, 1.165) is 68.8 Å². The highest BCUT2D eigenvalue weighted by Gasteiger charge is 2.28. The first-order valence-corrected chi connectivity index (χ1v) is 9.80. The van der Waals surface area contributed by atoms with E-state index in [1.54, 1.807) is 0 Å². The molecule has 0 bridgehead atoms. The summed E-state index contributed by atoms with van der Waals surface area (Å²) in [4.78, 5) is 16.0. The highest BCUT2D eigenvalue weighted by atomic mass is 16.5. The molecule has 7 nitrogen and oxygen atoms in total. The molecule has 3 heterocycles. The third kappa shape index (κ3) is 3.73. The SMILES string of the molecule is Cc1ccc(C#N)c(N2CCC(N(C)c3ccnc(N4CCOCC4)n3)C2)c1. The zero-order valence-electron chi connectivity index (χ0n) is 16.5. The van der Waals surface area contributed by atoms with Crippen LogP contribution in [0.2, 0.25) is 0 Å². The summed E-state index contributed by atoms with van der Waals surface area (Å²) >= 11 is 0. The standard InChI is InChI=1S/C21H26N6O/c1-16-3-4-17(14-22)19(13-16)27-8-6-18(15-27)25(2)20-5-7-23-21(24-20)26-9-11-28-12-10-26/h3-5,7,13,18H,6,8-12,15H2,1-2H3. The number of aryl methyl sites for hydroxylation is 1. The minimum Gasteiger partial charge on any atom is -0.378 e. The lowest BCUT2D eigenvalue weighted by atomic mass is 10.1. The van der Waals surface area contributed by atoms with Crippen molar-refractivity contribution in [3.63, 3.8) is 0 Å². The summed E-state index contributed by atoms with van der Waals surface area (Å²) in [5.74, 6) is 1.71. The van der Waals surface area contributed by atoms with Crippen LogP contribution in [0.4, 0.5) is 17.5 Å². The number of rotatable bonds is 4. The summed E-state index contributed by atoms with van der Waals surface area (Å²) in [5.41, 5.74) is 2.96. The second-order valence-corrected chi connectivity index (χ2v) is 7.45. The van der Waals surface area contributed by atoms with Crippen LogP contribution in [-0.2, 0) is 4.74 Å². The molecule has 1 aromatic carbocycles. The van der Waals surface area contributed by atoms with E-state index < -0.39 is 0 Å². The van der Waals surface area contributed by atoms with Crippen LogP contribution in [0.5, 0.6) is 0 Å². The quantitative estimate of drug-likeness (QED) is 0.808. The molecule has 2 aliphatic heterocycles. The summed E-state index contributed by atoms with van der Waals surface area (Å²) in [5, 5.41) is 9.46. The lowest BCUT2D eigenvalue weighted by molar-refractivity contribution is 0.122. The number of anilines is 3. The summed E-state index contributed by atoms with van der Waals surface area (Å²) in [6.45, 7) is 6.99. The summed E-state index contributed by atoms with van der Waals surface area (Å²) in [6.07, 6.45) is 2.87. The van der Waals surface area contributed by atoms with Crippen molar-refractivity contribution in [2.45, 2.75) is 19.4 Å². The van der Waals surface area contributed by atoms with E-state index in [-0.39, 0.29) is 0 Å². The van der Waals surface area contributed by atoms with Gasteiger partial charge >= 0.3 is 0 Å². The maximum Gasteiger partial charge on any atom is 0.227 e. The fourth-order valence-electron chi connectivity index (χ4n) is 3.91. The molecule has 2 aromatic rings. The molecule has 2 aliphatic rings. The third-order valence-corrected chi connectivity index (χ3v) is 5.61. The van der Waals surface area contributed by atoms with E-state index in [9.17, 15) is 5.26 Å². The number of aromatic nitrogens is 2. The predicted octanol–water partition coefficient (Wildman–Crippen LogP) is 2.21. The molecule has 7 heteroatoms. The predicted molar refractivity (Wildman–Crippen MR) is 110 cm³/mol. The Kier molecular flexibility index (Phi) is 5.31. The Bertz CT molecular complexity index is 873. The van der Waals surface area contributed by atoms with Crippen LogP contribution in [0.1, 0.15) is 17.5 Å². The third-order valence-electron chi connectivity index (χ3n) is 5.61. The first kappa shape index (κ1) is 18.5. The number of nitriles is 1. The van der Waals surface area contributed by atoms with Gasteiger partial charge in [-0.15, -0.1) is 0 Å². The average Bonchev–Trinajstić information content (AvgIpc) is 3.24. The van der Waals surface area contributed by atoms with Crippen LogP contribution in [0, 0.1) is 18.3 Å². The first-order chi connectivity index (χ1) is 13.7. The van der Waals surface area contributed by atoms with E-state index in [1.165, 1.54) is 5.56 Å². The van der Waals surface area contributed by atoms with Gasteiger partial charge in [0.1, 0.15) is 11.9 Å². The van der Waals surface area contributed by atoms with E-state index in [4.69, 9.17) is 9.72 Å². The molecule has 1 aromatic heterocycles. The highest BCUT2D eigenvalue weighted by Crippen LogP contribution is 2.28. The second kappa shape index (κ2) is 8.03. The molecule has 0 amide bonds. The van der Waals surface area contributed by atoms with Gasteiger partial charge in [-0.3, -0.25) is 0 Å². The summed E-state index contributed by atoms with van der Waals surface area (Å²) in [6, 6.07) is 10.7. The topological polar surface area (TPSA) is 68.5 Å². The molecule has 1 atom stereocenters. The Labute approximate surface area is 166 Å². The number of benzene rings is 1. The minimum atomic E-state index is 0.347. The van der Waals surface area contributed by atoms with Crippen LogP contribution in [-0.4, -0.2) is 62.5 Å². The number of hydrogen-bond acceptors (Lipinski definition) is 7. The lowest BCUT2D eigenvalue weighted by Gasteiger charge is -2.29. The van der Waals surface area contributed by atoms with Gasteiger partial charge in [0.15, 0.2) is 0 Å². The zero-order valence-corrected chi connectivity index (χ0v) is 16.5. The molecule has 4 rings (SSSR count). The van der Waals surface area contributed by atoms with Gasteiger partial charge in [0.25, 0.3) is 0 Å². The molecular weight excluding hydrogens is 352 g/mol. The fraction of sp³-hybridized carbons (Fsp3) is 0.476. The fourth-order valence-corrected chi connectivity index (χ4v) is 3.91. The van der Waals surface area contributed by atoms with E-state index in [0.29, 0.717) is 6.04 Å². The molecule has 2 fully saturated rings. The Balaban J connectivity index is 1.49. The minimum absolute atomic E-state index is 0.347. The van der Waals surface area contributed by atoms with Crippen molar-refractivity contribution in [3.05, 3.63) is 41.6 Å². The number of nitrogens with zero attached hydrogens (tertiary/aromatic N) is 6. The molecule has 0 saturated carbocycles. The molecule has 2 saturated heterocycles. The van der Waals surface area contributed by atoms with Crippen LogP contribution in [0.3, 0.4) is 0 Å². The highest BCUT2D eigenvalue weighted by molar-refractivity contribution is 5.62. The van der Waals surface area contributed by atoms with Crippen LogP contribution < -0.4 is 14.7 Å². The first-order valence-electron chi connectivity index (χ1n) is 9.80. The Morgan fingerprint density at radius 2 is 2.00 bits per heavy atom. The lowest BCUT2D eigenvalue weighted by Crippen LogP contribution is -2.38. The van der Waals surface area contributed by atoms with Crippen molar-refractivity contribution in [3.8, 4) is 6.07 Å². The smallest absolute Gasteiger partial charge is 0.227 e. The molecule has 1 unspecified atom stereocenters. The Morgan fingerprint density at radius 1 is 1.18 bits per heavy atom. The van der Waals surface area contributed by atoms with Crippen molar-refractivity contribution in [1.29, 1.82) is 5.26 Å². The van der Waals surface area contributed by atoms with Gasteiger partial charge in [-0.2, -0.15) is 10.2 Å². The van der Waals surface area contributed by atoms with Gasteiger partial charge in [0, 0.05) is 45.5 Å². The van der Waals surface area contributed by atoms with E-state index in [1.807, 2.05) is 24.4 Å². The zero-order chi connectivity index (χ0) is 19.5. The molecule has 146 valence electrons. The van der Waals surface area contributed by atoms with Gasteiger partial charge in [-0.25, -0.2) is 4.98 Å². The van der Waals surface area contributed by atoms with Crippen LogP contribution in [0.15, 0.2) is 30.5 Å². The van der Waals surface area contributed by atoms with Gasteiger partial charge < -0.3 is 19.4 Å². The summed E-state index contributed by atoms with van der Waals surface area (Å²) < 4.78 is 5.43. The monoisotopic (exact) mass is 378 g/mol. The number of hydrogen-bond donors (Lipinski definition) is 0. The van der Waals surface area contributed by atoms with Gasteiger partial charge in [0.2, 0.25) is 5.95 Å².